The standard InChI is InChI=1S/C9H12N2O3/c1-6(5-12)11-9(14)8-7(13)3-2-4-10-8/h2-4,6,12-13H,5H2,1H3,(H,11,14)/t6-/m0/s1. The number of carbonyl (C=O) groups excluding carboxylic acids is 1. The van der Waals surface area contributed by atoms with E-state index in [0.717, 1.165) is 0 Å². The summed E-state index contributed by atoms with van der Waals surface area (Å²) in [5.41, 5.74) is -0.0344. The van der Waals surface area contributed by atoms with Crippen LogP contribution in [0.5, 0.6) is 5.75 Å². The zero-order chi connectivity index (χ0) is 10.6. The van der Waals surface area contributed by atoms with Crippen LogP contribution in [0.15, 0.2) is 18.3 Å². The number of nitrogens with one attached hydrogen (secondary N) is 1. The second-order valence-electron chi connectivity index (χ2n) is 2.93. The molecule has 1 heterocycles. The smallest absolute Gasteiger partial charge is 0.274 e. The minimum atomic E-state index is -0.496. The number of aliphatic hydroxyl groups is 1. The van der Waals surface area contributed by atoms with Crippen LogP contribution in [0, 0.1) is 0 Å². The van der Waals surface area contributed by atoms with Gasteiger partial charge >= 0.3 is 0 Å². The van der Waals surface area contributed by atoms with Crippen LogP contribution in [0.25, 0.3) is 0 Å². The molecular formula is C9H12N2O3. The van der Waals surface area contributed by atoms with E-state index >= 15 is 0 Å². The maximum Gasteiger partial charge on any atom is 0.274 e. The number of hydrogen-bond acceptors (Lipinski definition) is 4. The van der Waals surface area contributed by atoms with E-state index in [0.29, 0.717) is 0 Å². The van der Waals surface area contributed by atoms with Gasteiger partial charge in [-0.05, 0) is 19.1 Å². The van der Waals surface area contributed by atoms with Crippen molar-refractivity contribution in [3.05, 3.63) is 24.0 Å². The summed E-state index contributed by atoms with van der Waals surface area (Å²) in [6.45, 7) is 1.50. The maximum atomic E-state index is 11.4. The number of aliphatic hydroxyl groups excluding tert-OH is 1. The van der Waals surface area contributed by atoms with Gasteiger partial charge in [-0.1, -0.05) is 0 Å². The molecule has 0 aliphatic rings. The molecule has 0 saturated heterocycles. The van der Waals surface area contributed by atoms with E-state index in [4.69, 9.17) is 5.11 Å². The lowest BCUT2D eigenvalue weighted by Gasteiger charge is -2.10. The van der Waals surface area contributed by atoms with E-state index in [1.165, 1.54) is 18.3 Å². The van der Waals surface area contributed by atoms with Gasteiger partial charge in [-0.15, -0.1) is 0 Å². The van der Waals surface area contributed by atoms with Crippen LogP contribution in [0.3, 0.4) is 0 Å². The Morgan fingerprint density at radius 1 is 1.71 bits per heavy atom. The predicted octanol–water partition coefficient (Wildman–Crippen LogP) is -0.102. The Morgan fingerprint density at radius 3 is 3.00 bits per heavy atom. The minimum Gasteiger partial charge on any atom is -0.505 e. The molecular weight excluding hydrogens is 184 g/mol. The van der Waals surface area contributed by atoms with Gasteiger partial charge in [0.05, 0.1) is 6.61 Å². The quantitative estimate of drug-likeness (QED) is 0.630. The monoisotopic (exact) mass is 196 g/mol. The molecule has 1 aromatic heterocycles. The molecule has 1 aromatic rings. The third-order valence-corrected chi connectivity index (χ3v) is 1.65. The van der Waals surface area contributed by atoms with Gasteiger partial charge in [0.2, 0.25) is 0 Å². The summed E-state index contributed by atoms with van der Waals surface area (Å²) in [4.78, 5) is 15.1. The number of hydrogen-bond donors (Lipinski definition) is 3. The lowest BCUT2D eigenvalue weighted by molar-refractivity contribution is 0.0914. The third-order valence-electron chi connectivity index (χ3n) is 1.65. The number of carbonyl (C=O) groups is 1. The van der Waals surface area contributed by atoms with Gasteiger partial charge in [0.15, 0.2) is 5.69 Å². The molecule has 76 valence electrons. The molecule has 5 nitrogen and oxygen atoms in total. The molecule has 14 heavy (non-hydrogen) atoms. The summed E-state index contributed by atoms with van der Waals surface area (Å²) in [6.07, 6.45) is 1.41. The highest BCUT2D eigenvalue weighted by Gasteiger charge is 2.13. The average Bonchev–Trinajstić information content (AvgIpc) is 2.18. The Labute approximate surface area is 81.4 Å². The molecule has 0 saturated carbocycles. The average molecular weight is 196 g/mol. The largest absolute Gasteiger partial charge is 0.505 e. The van der Waals surface area contributed by atoms with Crippen LogP contribution in [0.1, 0.15) is 17.4 Å². The van der Waals surface area contributed by atoms with E-state index in [9.17, 15) is 9.90 Å². The Morgan fingerprint density at radius 2 is 2.43 bits per heavy atom. The molecule has 0 bridgehead atoms. The molecule has 0 aromatic carbocycles. The normalized spacial score (nSPS) is 12.1. The van der Waals surface area contributed by atoms with E-state index in [-0.39, 0.29) is 24.1 Å². The highest BCUT2D eigenvalue weighted by molar-refractivity contribution is 5.94. The fourth-order valence-corrected chi connectivity index (χ4v) is 0.910. The number of aromatic nitrogens is 1. The van der Waals surface area contributed by atoms with E-state index in [1.807, 2.05) is 0 Å². The van der Waals surface area contributed by atoms with Gasteiger partial charge in [-0.2, -0.15) is 0 Å². The Balaban J connectivity index is 2.75. The highest BCUT2D eigenvalue weighted by Crippen LogP contribution is 2.11. The topological polar surface area (TPSA) is 82.5 Å². The van der Waals surface area contributed by atoms with E-state index < -0.39 is 5.91 Å². The molecule has 0 aliphatic heterocycles. The molecule has 0 radical (unpaired) electrons. The summed E-state index contributed by atoms with van der Waals surface area (Å²) in [5, 5.41) is 20.5. The lowest BCUT2D eigenvalue weighted by Crippen LogP contribution is -2.35. The van der Waals surface area contributed by atoms with Crippen molar-refractivity contribution in [3.8, 4) is 5.75 Å². The summed E-state index contributed by atoms with van der Waals surface area (Å²) in [7, 11) is 0. The SMILES string of the molecule is C[C@@H](CO)NC(=O)c1ncccc1O. The van der Waals surface area contributed by atoms with E-state index in [2.05, 4.69) is 10.3 Å². The zero-order valence-electron chi connectivity index (χ0n) is 7.77. The van der Waals surface area contributed by atoms with Crippen molar-refractivity contribution in [1.29, 1.82) is 0 Å². The van der Waals surface area contributed by atoms with Crippen LogP contribution in [-0.2, 0) is 0 Å². The second kappa shape index (κ2) is 4.57. The Kier molecular flexibility index (Phi) is 3.41. The summed E-state index contributed by atoms with van der Waals surface area (Å²) in [6, 6.07) is 2.55. The van der Waals surface area contributed by atoms with Crippen LogP contribution in [0.4, 0.5) is 0 Å². The summed E-state index contributed by atoms with van der Waals surface area (Å²) < 4.78 is 0. The Bertz CT molecular complexity index is 328. The first-order chi connectivity index (χ1) is 6.65. The van der Waals surface area contributed by atoms with Crippen molar-refractivity contribution in [2.24, 2.45) is 0 Å². The van der Waals surface area contributed by atoms with Crippen LogP contribution in [-0.4, -0.2) is 33.8 Å². The minimum absolute atomic E-state index is 0.0344. The summed E-state index contributed by atoms with van der Waals surface area (Å²) >= 11 is 0. The van der Waals surface area contributed by atoms with Gasteiger partial charge in [-0.25, -0.2) is 4.98 Å². The van der Waals surface area contributed by atoms with Crippen LogP contribution >= 0.6 is 0 Å². The first-order valence-corrected chi connectivity index (χ1v) is 4.21. The zero-order valence-corrected chi connectivity index (χ0v) is 7.77. The number of rotatable bonds is 3. The molecule has 1 amide bonds. The number of aromatic hydroxyl groups is 1. The Hall–Kier alpha value is -1.62. The lowest BCUT2D eigenvalue weighted by atomic mass is 10.3. The molecule has 0 aliphatic carbocycles. The predicted molar refractivity (Wildman–Crippen MR) is 49.9 cm³/mol. The number of pyridine rings is 1. The van der Waals surface area contributed by atoms with Crippen LogP contribution < -0.4 is 5.32 Å². The maximum absolute atomic E-state index is 11.4. The van der Waals surface area contributed by atoms with Crippen LogP contribution in [0.2, 0.25) is 0 Å². The number of nitrogens with zero attached hydrogens (tertiary/aromatic N) is 1. The molecule has 0 spiro atoms. The fraction of sp³-hybridized carbons (Fsp3) is 0.333. The van der Waals surface area contributed by atoms with Gasteiger partial charge in [-0.3, -0.25) is 4.79 Å². The third kappa shape index (κ3) is 2.43. The molecule has 1 atom stereocenters. The highest BCUT2D eigenvalue weighted by atomic mass is 16.3. The molecule has 1 rings (SSSR count). The molecule has 5 heteroatoms. The second-order valence-corrected chi connectivity index (χ2v) is 2.93. The molecule has 0 fully saturated rings. The van der Waals surface area contributed by atoms with Gasteiger partial charge in [0.25, 0.3) is 5.91 Å². The van der Waals surface area contributed by atoms with Crippen molar-refractivity contribution in [3.63, 3.8) is 0 Å². The van der Waals surface area contributed by atoms with Crippen molar-refractivity contribution in [2.45, 2.75) is 13.0 Å². The van der Waals surface area contributed by atoms with Gasteiger partial charge in [0, 0.05) is 12.2 Å². The van der Waals surface area contributed by atoms with Crippen molar-refractivity contribution >= 4 is 5.91 Å². The first-order valence-electron chi connectivity index (χ1n) is 4.21. The van der Waals surface area contributed by atoms with Gasteiger partial charge in [0.1, 0.15) is 5.75 Å². The van der Waals surface area contributed by atoms with Crippen molar-refractivity contribution in [2.75, 3.05) is 6.61 Å². The van der Waals surface area contributed by atoms with Crippen molar-refractivity contribution < 1.29 is 15.0 Å². The fourth-order valence-electron chi connectivity index (χ4n) is 0.910. The number of amides is 1. The molecule has 3 N–H and O–H groups in total. The van der Waals surface area contributed by atoms with Gasteiger partial charge < -0.3 is 15.5 Å². The van der Waals surface area contributed by atoms with E-state index in [1.54, 1.807) is 6.92 Å². The summed E-state index contributed by atoms with van der Waals surface area (Å²) in [5.74, 6) is -0.667. The van der Waals surface area contributed by atoms with Crippen molar-refractivity contribution in [1.82, 2.24) is 10.3 Å². The first kappa shape index (κ1) is 10.5. The molecule has 0 unspecified atom stereocenters.